The van der Waals surface area contributed by atoms with Crippen molar-refractivity contribution in [1.29, 1.82) is 0 Å². The van der Waals surface area contributed by atoms with Crippen LogP contribution in [0.4, 0.5) is 51.2 Å². The summed E-state index contributed by atoms with van der Waals surface area (Å²) in [5.74, 6) is 4.64. The molecule has 0 saturated carbocycles. The highest BCUT2D eigenvalue weighted by atomic mass is 16.5. The van der Waals surface area contributed by atoms with Gasteiger partial charge < -0.3 is 33.3 Å². The molecule has 0 fully saturated rings. The first-order valence-corrected chi connectivity index (χ1v) is 23.5. The summed E-state index contributed by atoms with van der Waals surface area (Å²) in [5, 5.41) is 2.07. The van der Waals surface area contributed by atoms with E-state index < -0.39 is 0 Å². The van der Waals surface area contributed by atoms with E-state index in [-0.39, 0.29) is 13.4 Å². The van der Waals surface area contributed by atoms with Crippen molar-refractivity contribution in [3.63, 3.8) is 0 Å². The Morgan fingerprint density at radius 1 is 0.333 bits per heavy atom. The second-order valence-electron chi connectivity index (χ2n) is 18.3. The summed E-state index contributed by atoms with van der Waals surface area (Å²) in [6, 6.07) is 74.7. The zero-order valence-corrected chi connectivity index (χ0v) is 36.8. The number of para-hydroxylation sites is 6. The standard InChI is InChI=1S/C60H35B2N3O4/c1-5-16-36(17-6-1)63(37-18-7-2-8-19-37)40-28-30-44-50(32-40)66-52-35-53-55-58-54(52)61(44)46-25-15-27-49-56(46)65(58)57-47(34-43-42-24-13-14-26-48(42)68-59(43)60(57)69-49)62(55)45-31-29-41(33-51(45)67-53)64(38-20-9-3-10-21-38)39-22-11-4-12-23-39/h1-35H. The molecule has 16 rings (SSSR count). The second-order valence-corrected chi connectivity index (χ2v) is 18.3. The summed E-state index contributed by atoms with van der Waals surface area (Å²) in [7, 11) is 0. The summed E-state index contributed by atoms with van der Waals surface area (Å²) in [6.07, 6.45) is 0. The quantitative estimate of drug-likeness (QED) is 0.154. The molecule has 0 atom stereocenters. The smallest absolute Gasteiger partial charge is 0.256 e. The number of nitrogens with zero attached hydrogens (tertiary/aromatic N) is 3. The third-order valence-electron chi connectivity index (χ3n) is 14.7. The van der Waals surface area contributed by atoms with Crippen molar-refractivity contribution in [1.82, 2.24) is 0 Å². The molecule has 0 saturated heterocycles. The van der Waals surface area contributed by atoms with E-state index in [1.807, 2.05) is 12.1 Å². The number of rotatable bonds is 6. The van der Waals surface area contributed by atoms with Crippen LogP contribution in [0.2, 0.25) is 0 Å². The number of fused-ring (bicyclic) bond motifs is 10. The molecule has 0 amide bonds. The number of furan rings is 1. The number of ether oxygens (including phenoxy) is 3. The van der Waals surface area contributed by atoms with Crippen molar-refractivity contribution in [2.24, 2.45) is 0 Å². The Hall–Kier alpha value is -9.07. The summed E-state index contributed by atoms with van der Waals surface area (Å²) < 4.78 is 28.6. The number of hydrogen-bond donors (Lipinski definition) is 0. The Balaban J connectivity index is 0.952. The lowest BCUT2D eigenvalue weighted by molar-refractivity contribution is 0.463. The van der Waals surface area contributed by atoms with Crippen LogP contribution in [0.1, 0.15) is 0 Å². The van der Waals surface area contributed by atoms with E-state index in [1.54, 1.807) is 0 Å². The molecular formula is C60H35B2N3O4. The minimum absolute atomic E-state index is 0.150. The van der Waals surface area contributed by atoms with Crippen molar-refractivity contribution in [3.8, 4) is 34.5 Å². The molecule has 11 aromatic rings. The Labute approximate surface area is 397 Å². The molecule has 1 aromatic heterocycles. The van der Waals surface area contributed by atoms with E-state index in [0.717, 1.165) is 140 Å². The Morgan fingerprint density at radius 3 is 1.42 bits per heavy atom. The van der Waals surface area contributed by atoms with E-state index in [2.05, 4.69) is 215 Å². The van der Waals surface area contributed by atoms with Crippen LogP contribution in [0.3, 0.4) is 0 Å². The zero-order valence-electron chi connectivity index (χ0n) is 36.8. The van der Waals surface area contributed by atoms with Crippen molar-refractivity contribution in [2.45, 2.75) is 0 Å². The highest BCUT2D eigenvalue weighted by Crippen LogP contribution is 2.57. The van der Waals surface area contributed by atoms with Gasteiger partial charge in [-0.05, 0) is 106 Å². The average Bonchev–Trinajstić information content (AvgIpc) is 3.79. The van der Waals surface area contributed by atoms with Crippen LogP contribution >= 0.6 is 0 Å². The fraction of sp³-hybridized carbons (Fsp3) is 0. The summed E-state index contributed by atoms with van der Waals surface area (Å²) >= 11 is 0. The normalized spacial score (nSPS) is 13.5. The van der Waals surface area contributed by atoms with Gasteiger partial charge in [0.25, 0.3) is 13.4 Å². The number of anilines is 9. The molecule has 9 heteroatoms. The van der Waals surface area contributed by atoms with E-state index in [4.69, 9.17) is 18.6 Å². The molecule has 69 heavy (non-hydrogen) atoms. The largest absolute Gasteiger partial charge is 0.458 e. The molecule has 0 N–H and O–H groups in total. The molecular weight excluding hydrogens is 848 g/mol. The SMILES string of the molecule is c1ccc(N(c2ccccc2)c2ccc3c(c2)Oc2cc4c5c6c2B3c2cccc3c2N6c2c(cc6c(oc7ccccc76)c2O3)B5c2ccc(N(c3ccccc3)c3ccccc3)cc2O4)cc1. The minimum atomic E-state index is -0.201. The van der Waals surface area contributed by atoms with Gasteiger partial charge in [0.15, 0.2) is 17.1 Å². The van der Waals surface area contributed by atoms with Crippen molar-refractivity contribution >= 4 is 119 Å². The molecule has 10 aromatic carbocycles. The second kappa shape index (κ2) is 13.7. The lowest BCUT2D eigenvalue weighted by Gasteiger charge is -2.49. The van der Waals surface area contributed by atoms with Gasteiger partial charge in [0.2, 0.25) is 0 Å². The van der Waals surface area contributed by atoms with Gasteiger partial charge in [0.1, 0.15) is 28.6 Å². The fourth-order valence-corrected chi connectivity index (χ4v) is 11.9. The Bertz CT molecular complexity index is 3900. The van der Waals surface area contributed by atoms with Crippen molar-refractivity contribution < 1.29 is 18.6 Å². The molecule has 0 spiro atoms. The maximum absolute atomic E-state index is 7.33. The van der Waals surface area contributed by atoms with Gasteiger partial charge in [0.05, 0.1) is 11.4 Å². The summed E-state index contributed by atoms with van der Waals surface area (Å²) in [5.41, 5.74) is 17.6. The third kappa shape index (κ3) is 5.08. The van der Waals surface area contributed by atoms with Crippen LogP contribution < -0.4 is 61.7 Å². The fourth-order valence-electron chi connectivity index (χ4n) is 11.9. The van der Waals surface area contributed by atoms with Gasteiger partial charge in [0, 0.05) is 68.8 Å². The predicted octanol–water partition coefficient (Wildman–Crippen LogP) is 12.0. The lowest BCUT2D eigenvalue weighted by Crippen LogP contribution is -2.67. The Morgan fingerprint density at radius 2 is 0.855 bits per heavy atom. The molecule has 5 aliphatic rings. The Kier molecular flexibility index (Phi) is 7.39. The monoisotopic (exact) mass is 883 g/mol. The third-order valence-corrected chi connectivity index (χ3v) is 14.7. The first-order chi connectivity index (χ1) is 34.2. The van der Waals surface area contributed by atoms with Crippen molar-refractivity contribution in [2.75, 3.05) is 14.7 Å². The zero-order chi connectivity index (χ0) is 44.9. The van der Waals surface area contributed by atoms with E-state index >= 15 is 0 Å². The number of benzene rings is 10. The number of hydrogen-bond acceptors (Lipinski definition) is 7. The van der Waals surface area contributed by atoms with Crippen LogP contribution in [0.25, 0.3) is 21.9 Å². The van der Waals surface area contributed by atoms with Crippen LogP contribution in [-0.4, -0.2) is 13.4 Å². The van der Waals surface area contributed by atoms with Crippen molar-refractivity contribution in [3.05, 3.63) is 212 Å². The molecule has 5 aliphatic heterocycles. The molecule has 0 radical (unpaired) electrons. The van der Waals surface area contributed by atoms with Crippen LogP contribution in [-0.2, 0) is 0 Å². The van der Waals surface area contributed by atoms with Gasteiger partial charge in [-0.1, -0.05) is 121 Å². The van der Waals surface area contributed by atoms with Gasteiger partial charge in [-0.2, -0.15) is 0 Å². The van der Waals surface area contributed by atoms with E-state index in [1.165, 1.54) is 0 Å². The highest BCUT2D eigenvalue weighted by Gasteiger charge is 2.54. The molecule has 0 aliphatic carbocycles. The minimum Gasteiger partial charge on any atom is -0.458 e. The average molecular weight is 884 g/mol. The first-order valence-electron chi connectivity index (χ1n) is 23.5. The molecule has 0 unspecified atom stereocenters. The summed E-state index contributed by atoms with van der Waals surface area (Å²) in [4.78, 5) is 7.01. The topological polar surface area (TPSA) is 50.5 Å². The maximum atomic E-state index is 7.33. The molecule has 320 valence electrons. The van der Waals surface area contributed by atoms with Gasteiger partial charge in [-0.15, -0.1) is 0 Å². The molecule has 6 heterocycles. The predicted molar refractivity (Wildman–Crippen MR) is 280 cm³/mol. The molecule has 0 bridgehead atoms. The van der Waals surface area contributed by atoms with Crippen LogP contribution in [0, 0.1) is 0 Å². The maximum Gasteiger partial charge on any atom is 0.256 e. The van der Waals surface area contributed by atoms with E-state index in [9.17, 15) is 0 Å². The highest BCUT2D eigenvalue weighted by molar-refractivity contribution is 7.04. The summed E-state index contributed by atoms with van der Waals surface area (Å²) in [6.45, 7) is -0.351. The van der Waals surface area contributed by atoms with Gasteiger partial charge >= 0.3 is 0 Å². The first kappa shape index (κ1) is 37.1. The van der Waals surface area contributed by atoms with Crippen LogP contribution in [0.5, 0.6) is 34.5 Å². The van der Waals surface area contributed by atoms with Gasteiger partial charge in [-0.3, -0.25) is 0 Å². The van der Waals surface area contributed by atoms with Gasteiger partial charge in [-0.25, -0.2) is 0 Å². The lowest BCUT2D eigenvalue weighted by atomic mass is 9.29. The van der Waals surface area contributed by atoms with E-state index in [0.29, 0.717) is 0 Å². The molecule has 7 nitrogen and oxygen atoms in total. The van der Waals surface area contributed by atoms with Crippen LogP contribution in [0.15, 0.2) is 217 Å².